The van der Waals surface area contributed by atoms with Gasteiger partial charge in [-0.2, -0.15) is 0 Å². The molecule has 1 aliphatic carbocycles. The standard InChI is InChI=1S/C17H27N5O2/c1-21(2)16(23)9-17(24)6-3-7-22(11-17)15-8-14(19-12-20-15)18-10-13-4-5-13/h8,12-13,24H,3-7,9-11H2,1-2H3,(H,18,19,20). The monoisotopic (exact) mass is 333 g/mol. The number of nitrogens with zero attached hydrogens (tertiary/aromatic N) is 4. The Labute approximate surface area is 143 Å². The van der Waals surface area contributed by atoms with Crippen LogP contribution in [0.5, 0.6) is 0 Å². The summed E-state index contributed by atoms with van der Waals surface area (Å²) >= 11 is 0. The van der Waals surface area contributed by atoms with Gasteiger partial charge >= 0.3 is 0 Å². The first-order valence-electron chi connectivity index (χ1n) is 8.69. The first-order chi connectivity index (χ1) is 11.5. The van der Waals surface area contributed by atoms with Gasteiger partial charge in [-0.25, -0.2) is 9.97 Å². The van der Waals surface area contributed by atoms with Crippen LogP contribution in [0.3, 0.4) is 0 Å². The second-order valence-corrected chi connectivity index (χ2v) is 7.30. The summed E-state index contributed by atoms with van der Waals surface area (Å²) in [5.41, 5.74) is -0.994. The summed E-state index contributed by atoms with van der Waals surface area (Å²) in [4.78, 5) is 24.2. The highest BCUT2D eigenvalue weighted by molar-refractivity contribution is 5.76. The Kier molecular flexibility index (Phi) is 4.89. The lowest BCUT2D eigenvalue weighted by Gasteiger charge is -2.39. The number of anilines is 2. The summed E-state index contributed by atoms with van der Waals surface area (Å²) in [6.45, 7) is 2.21. The Morgan fingerprint density at radius 2 is 2.25 bits per heavy atom. The second kappa shape index (κ2) is 6.93. The molecule has 1 atom stereocenters. The van der Waals surface area contributed by atoms with Crippen molar-refractivity contribution in [3.63, 3.8) is 0 Å². The third kappa shape index (κ3) is 4.35. The number of aromatic nitrogens is 2. The molecular weight excluding hydrogens is 306 g/mol. The van der Waals surface area contributed by atoms with Gasteiger partial charge in [0.1, 0.15) is 18.0 Å². The van der Waals surface area contributed by atoms with Gasteiger partial charge in [0, 0.05) is 39.8 Å². The lowest BCUT2D eigenvalue weighted by Crippen LogP contribution is -2.50. The van der Waals surface area contributed by atoms with Crippen LogP contribution in [0.2, 0.25) is 0 Å². The van der Waals surface area contributed by atoms with Crippen molar-refractivity contribution in [1.29, 1.82) is 0 Å². The molecule has 132 valence electrons. The van der Waals surface area contributed by atoms with E-state index in [1.165, 1.54) is 17.7 Å². The van der Waals surface area contributed by atoms with Gasteiger partial charge in [-0.3, -0.25) is 4.79 Å². The maximum absolute atomic E-state index is 12.0. The number of aliphatic hydroxyl groups is 1. The first kappa shape index (κ1) is 17.0. The predicted octanol–water partition coefficient (Wildman–Crippen LogP) is 1.11. The van der Waals surface area contributed by atoms with Crippen molar-refractivity contribution in [3.05, 3.63) is 12.4 Å². The summed E-state index contributed by atoms with van der Waals surface area (Å²) in [5.74, 6) is 2.36. The van der Waals surface area contributed by atoms with E-state index >= 15 is 0 Å². The Hall–Kier alpha value is -1.89. The Morgan fingerprint density at radius 1 is 1.46 bits per heavy atom. The maximum Gasteiger partial charge on any atom is 0.225 e. The van der Waals surface area contributed by atoms with Gasteiger partial charge in [0.05, 0.1) is 12.0 Å². The van der Waals surface area contributed by atoms with E-state index in [9.17, 15) is 9.90 Å². The second-order valence-electron chi connectivity index (χ2n) is 7.30. The average Bonchev–Trinajstić information content (AvgIpc) is 3.37. The molecule has 1 aliphatic heterocycles. The van der Waals surface area contributed by atoms with Crippen molar-refractivity contribution in [2.24, 2.45) is 5.92 Å². The van der Waals surface area contributed by atoms with Crippen molar-refractivity contribution in [3.8, 4) is 0 Å². The van der Waals surface area contributed by atoms with Crippen LogP contribution in [0.1, 0.15) is 32.1 Å². The van der Waals surface area contributed by atoms with E-state index in [1.807, 2.05) is 6.07 Å². The molecule has 1 amide bonds. The average molecular weight is 333 g/mol. The fraction of sp³-hybridized carbons (Fsp3) is 0.706. The van der Waals surface area contributed by atoms with E-state index in [4.69, 9.17) is 0 Å². The lowest BCUT2D eigenvalue weighted by atomic mass is 9.89. The molecule has 7 heteroatoms. The zero-order valence-electron chi connectivity index (χ0n) is 14.5. The van der Waals surface area contributed by atoms with Gasteiger partial charge in [-0.05, 0) is 31.6 Å². The van der Waals surface area contributed by atoms with Crippen LogP contribution < -0.4 is 10.2 Å². The molecule has 1 unspecified atom stereocenters. The number of carbonyl (C=O) groups is 1. The van der Waals surface area contributed by atoms with Gasteiger partial charge < -0.3 is 20.2 Å². The largest absolute Gasteiger partial charge is 0.388 e. The van der Waals surface area contributed by atoms with Crippen molar-refractivity contribution >= 4 is 17.5 Å². The lowest BCUT2D eigenvalue weighted by molar-refractivity contribution is -0.134. The molecule has 2 N–H and O–H groups in total. The van der Waals surface area contributed by atoms with Crippen LogP contribution in [0.4, 0.5) is 11.6 Å². The summed E-state index contributed by atoms with van der Waals surface area (Å²) in [7, 11) is 3.43. The third-order valence-electron chi connectivity index (χ3n) is 4.78. The first-order valence-corrected chi connectivity index (χ1v) is 8.69. The van der Waals surface area contributed by atoms with Crippen LogP contribution >= 0.6 is 0 Å². The number of piperidine rings is 1. The third-order valence-corrected chi connectivity index (χ3v) is 4.78. The molecule has 7 nitrogen and oxygen atoms in total. The number of amides is 1. The minimum absolute atomic E-state index is 0.0474. The van der Waals surface area contributed by atoms with Gasteiger partial charge in [0.25, 0.3) is 0 Å². The fourth-order valence-corrected chi connectivity index (χ4v) is 3.08. The summed E-state index contributed by atoms with van der Waals surface area (Å²) in [5, 5.41) is 14.2. The Morgan fingerprint density at radius 3 is 2.96 bits per heavy atom. The highest BCUT2D eigenvalue weighted by Crippen LogP contribution is 2.30. The molecule has 24 heavy (non-hydrogen) atoms. The molecule has 0 radical (unpaired) electrons. The molecule has 1 aromatic heterocycles. The van der Waals surface area contributed by atoms with E-state index in [2.05, 4.69) is 20.2 Å². The van der Waals surface area contributed by atoms with E-state index < -0.39 is 5.60 Å². The molecular formula is C17H27N5O2. The maximum atomic E-state index is 12.0. The van der Waals surface area contributed by atoms with Gasteiger partial charge in [0.2, 0.25) is 5.91 Å². The molecule has 0 aromatic carbocycles. The molecule has 3 rings (SSSR count). The number of rotatable bonds is 6. The predicted molar refractivity (Wildman–Crippen MR) is 93.0 cm³/mol. The van der Waals surface area contributed by atoms with E-state index in [1.54, 1.807) is 20.4 Å². The zero-order chi connectivity index (χ0) is 17.2. The molecule has 0 bridgehead atoms. The number of β-amino-alcohol motifs (C(OH)–C–C–N with tert-alkyl or cyclic N) is 1. The molecule has 1 aromatic rings. The Bertz CT molecular complexity index is 590. The number of nitrogens with one attached hydrogen (secondary N) is 1. The topological polar surface area (TPSA) is 81.6 Å². The van der Waals surface area contributed by atoms with Crippen LogP contribution in [0.25, 0.3) is 0 Å². The molecule has 0 spiro atoms. The minimum atomic E-state index is -0.994. The van der Waals surface area contributed by atoms with Crippen LogP contribution in [-0.2, 0) is 4.79 Å². The summed E-state index contributed by atoms with van der Waals surface area (Å²) < 4.78 is 0. The van der Waals surface area contributed by atoms with Gasteiger partial charge in [-0.1, -0.05) is 0 Å². The Balaban J connectivity index is 1.65. The smallest absolute Gasteiger partial charge is 0.225 e. The van der Waals surface area contributed by atoms with Crippen molar-refractivity contribution in [1.82, 2.24) is 14.9 Å². The molecule has 2 fully saturated rings. The fourth-order valence-electron chi connectivity index (χ4n) is 3.08. The van der Waals surface area contributed by atoms with E-state index in [0.717, 1.165) is 37.1 Å². The highest BCUT2D eigenvalue weighted by atomic mass is 16.3. The van der Waals surface area contributed by atoms with E-state index in [0.29, 0.717) is 13.0 Å². The van der Waals surface area contributed by atoms with Crippen LogP contribution in [0, 0.1) is 5.92 Å². The van der Waals surface area contributed by atoms with Crippen molar-refractivity contribution < 1.29 is 9.90 Å². The normalized spacial score (nSPS) is 23.9. The molecule has 1 saturated heterocycles. The van der Waals surface area contributed by atoms with Crippen molar-refractivity contribution in [2.75, 3.05) is 43.9 Å². The molecule has 2 aliphatic rings. The highest BCUT2D eigenvalue weighted by Gasteiger charge is 2.36. The number of hydrogen-bond donors (Lipinski definition) is 2. The quantitative estimate of drug-likeness (QED) is 0.811. The van der Waals surface area contributed by atoms with Crippen LogP contribution in [0.15, 0.2) is 12.4 Å². The summed E-state index contributed by atoms with van der Waals surface area (Å²) in [6.07, 6.45) is 5.78. The SMILES string of the molecule is CN(C)C(=O)CC1(O)CCCN(c2cc(NCC3CC3)ncn2)C1. The van der Waals surface area contributed by atoms with E-state index in [-0.39, 0.29) is 12.3 Å². The minimum Gasteiger partial charge on any atom is -0.388 e. The summed E-state index contributed by atoms with van der Waals surface area (Å²) in [6, 6.07) is 1.93. The molecule has 2 heterocycles. The van der Waals surface area contributed by atoms with Crippen molar-refractivity contribution in [2.45, 2.75) is 37.7 Å². The van der Waals surface area contributed by atoms with Gasteiger partial charge in [0.15, 0.2) is 0 Å². The number of carbonyl (C=O) groups excluding carboxylic acids is 1. The number of hydrogen-bond acceptors (Lipinski definition) is 6. The zero-order valence-corrected chi connectivity index (χ0v) is 14.5. The molecule has 1 saturated carbocycles. The van der Waals surface area contributed by atoms with Crippen LogP contribution in [-0.4, -0.2) is 65.2 Å². The van der Waals surface area contributed by atoms with Gasteiger partial charge in [-0.15, -0.1) is 0 Å².